The normalized spacial score (nSPS) is 16.0. The number of para-hydroxylation sites is 1. The number of benzene rings is 1. The number of hydrogen-bond donors (Lipinski definition) is 2. The van der Waals surface area contributed by atoms with Gasteiger partial charge in [-0.1, -0.05) is 36.9 Å². The predicted molar refractivity (Wildman–Crippen MR) is 108 cm³/mol. The van der Waals surface area contributed by atoms with Gasteiger partial charge >= 0.3 is 0 Å². The van der Waals surface area contributed by atoms with Crippen molar-refractivity contribution in [3.63, 3.8) is 0 Å². The summed E-state index contributed by atoms with van der Waals surface area (Å²) in [5.74, 6) is 1.46. The van der Waals surface area contributed by atoms with Crippen molar-refractivity contribution in [2.24, 2.45) is 0 Å². The van der Waals surface area contributed by atoms with Gasteiger partial charge in [0.25, 0.3) is 0 Å². The molecule has 7 nitrogen and oxygen atoms in total. The number of aromatic nitrogens is 3. The molecule has 8 heteroatoms. The second-order valence-electron chi connectivity index (χ2n) is 7.34. The second kappa shape index (κ2) is 8.34. The molecule has 1 heterocycles. The van der Waals surface area contributed by atoms with Crippen molar-refractivity contribution in [1.82, 2.24) is 20.1 Å². The maximum Gasteiger partial charge on any atom is 0.243 e. The zero-order chi connectivity index (χ0) is 19.5. The third kappa shape index (κ3) is 4.55. The maximum atomic E-state index is 12.2. The molecular formula is C20H25N5O2S. The average molecular weight is 400 g/mol. The van der Waals surface area contributed by atoms with Gasteiger partial charge in [-0.15, -0.1) is 10.2 Å². The van der Waals surface area contributed by atoms with Gasteiger partial charge in [-0.05, 0) is 43.7 Å². The van der Waals surface area contributed by atoms with Crippen LogP contribution in [0.25, 0.3) is 0 Å². The number of nitrogens with one attached hydrogen (secondary N) is 2. The first-order valence-corrected chi connectivity index (χ1v) is 10.9. The average Bonchev–Trinajstić information content (AvgIpc) is 3.64. The minimum atomic E-state index is -0.226. The molecule has 1 aromatic carbocycles. The molecule has 2 aliphatic rings. The molecule has 2 saturated carbocycles. The summed E-state index contributed by atoms with van der Waals surface area (Å²) < 4.78 is 2.23. The van der Waals surface area contributed by atoms with E-state index in [0.717, 1.165) is 41.5 Å². The van der Waals surface area contributed by atoms with Crippen LogP contribution >= 0.6 is 11.8 Å². The fourth-order valence-corrected chi connectivity index (χ4v) is 4.03. The van der Waals surface area contributed by atoms with Gasteiger partial charge in [-0.25, -0.2) is 0 Å². The number of aryl methyl sites for hydroxylation is 1. The number of hydrogen-bond acceptors (Lipinski definition) is 5. The van der Waals surface area contributed by atoms with E-state index in [1.54, 1.807) is 0 Å². The number of nitrogens with zero attached hydrogens (tertiary/aromatic N) is 3. The first kappa shape index (κ1) is 19.0. The summed E-state index contributed by atoms with van der Waals surface area (Å²) in [6.45, 7) is 2.00. The zero-order valence-corrected chi connectivity index (χ0v) is 16.8. The molecule has 2 N–H and O–H groups in total. The maximum absolute atomic E-state index is 12.2. The monoisotopic (exact) mass is 399 g/mol. The fraction of sp³-hybridized carbons (Fsp3) is 0.500. The van der Waals surface area contributed by atoms with Crippen LogP contribution < -0.4 is 10.6 Å². The number of carbonyl (C=O) groups is 2. The minimum Gasteiger partial charge on any atom is -0.346 e. The third-order valence-electron chi connectivity index (χ3n) is 5.00. The molecule has 0 saturated heterocycles. The highest BCUT2D eigenvalue weighted by atomic mass is 32.2. The topological polar surface area (TPSA) is 88.9 Å². The molecule has 4 rings (SSSR count). The molecule has 2 fully saturated rings. The van der Waals surface area contributed by atoms with Gasteiger partial charge < -0.3 is 15.2 Å². The van der Waals surface area contributed by atoms with Crippen LogP contribution in [0.2, 0.25) is 0 Å². The van der Waals surface area contributed by atoms with Crippen molar-refractivity contribution >= 4 is 29.3 Å². The van der Waals surface area contributed by atoms with Crippen LogP contribution in [0.4, 0.5) is 5.69 Å². The molecule has 148 valence electrons. The first-order chi connectivity index (χ1) is 13.7. The van der Waals surface area contributed by atoms with E-state index in [1.165, 1.54) is 24.6 Å². The lowest BCUT2D eigenvalue weighted by molar-refractivity contribution is -0.122. The van der Waals surface area contributed by atoms with Crippen molar-refractivity contribution in [3.8, 4) is 0 Å². The third-order valence-corrected chi connectivity index (χ3v) is 5.94. The van der Waals surface area contributed by atoms with E-state index in [2.05, 4.69) is 25.4 Å². The summed E-state index contributed by atoms with van der Waals surface area (Å²) in [4.78, 5) is 24.3. The molecule has 0 spiro atoms. The molecule has 2 aromatic rings. The van der Waals surface area contributed by atoms with Crippen LogP contribution in [-0.2, 0) is 16.0 Å². The van der Waals surface area contributed by atoms with Gasteiger partial charge in [-0.3, -0.25) is 9.59 Å². The molecule has 0 atom stereocenters. The number of thioether (sulfide) groups is 1. The lowest BCUT2D eigenvalue weighted by Crippen LogP contribution is -2.34. The summed E-state index contributed by atoms with van der Waals surface area (Å²) in [5, 5.41) is 15.0. The van der Waals surface area contributed by atoms with E-state index in [1.807, 2.05) is 31.2 Å². The van der Waals surface area contributed by atoms with Crippen molar-refractivity contribution in [1.29, 1.82) is 0 Å². The lowest BCUT2D eigenvalue weighted by Gasteiger charge is -2.10. The predicted octanol–water partition coefficient (Wildman–Crippen LogP) is 2.90. The number of carbonyl (C=O) groups excluding carboxylic acids is 2. The Bertz CT molecular complexity index is 873. The Kier molecular flexibility index (Phi) is 5.66. The Hall–Kier alpha value is -2.35. The van der Waals surface area contributed by atoms with Gasteiger partial charge in [0.1, 0.15) is 5.82 Å². The van der Waals surface area contributed by atoms with E-state index in [9.17, 15) is 9.59 Å². The highest BCUT2D eigenvalue weighted by Gasteiger charge is 2.36. The summed E-state index contributed by atoms with van der Waals surface area (Å²) in [6, 6.07) is 8.19. The zero-order valence-electron chi connectivity index (χ0n) is 16.0. The largest absolute Gasteiger partial charge is 0.346 e. The van der Waals surface area contributed by atoms with Crippen molar-refractivity contribution < 1.29 is 9.59 Å². The van der Waals surface area contributed by atoms with Crippen LogP contribution in [0.15, 0.2) is 29.4 Å². The Morgan fingerprint density at radius 3 is 2.64 bits per heavy atom. The molecule has 1 aromatic heterocycles. The second-order valence-corrected chi connectivity index (χ2v) is 8.28. The van der Waals surface area contributed by atoms with Crippen molar-refractivity contribution in [2.45, 2.75) is 56.1 Å². The Morgan fingerprint density at radius 1 is 1.14 bits per heavy atom. The molecule has 0 unspecified atom stereocenters. The van der Waals surface area contributed by atoms with Crippen LogP contribution in [0, 0.1) is 0 Å². The number of rotatable bonds is 9. The van der Waals surface area contributed by atoms with Gasteiger partial charge in [0.2, 0.25) is 11.8 Å². The molecule has 28 heavy (non-hydrogen) atoms. The summed E-state index contributed by atoms with van der Waals surface area (Å²) >= 11 is 1.40. The van der Waals surface area contributed by atoms with E-state index in [0.29, 0.717) is 12.0 Å². The number of amides is 2. The molecule has 2 amide bonds. The van der Waals surface area contributed by atoms with Gasteiger partial charge in [0, 0.05) is 17.6 Å². The first-order valence-electron chi connectivity index (χ1n) is 9.87. The molecule has 0 radical (unpaired) electrons. The summed E-state index contributed by atoms with van der Waals surface area (Å²) in [5.41, 5.74) is 1.87. The Balaban J connectivity index is 1.25. The molecular weight excluding hydrogens is 374 g/mol. The molecule has 2 aliphatic carbocycles. The van der Waals surface area contributed by atoms with Crippen LogP contribution in [-0.4, -0.2) is 38.9 Å². The van der Waals surface area contributed by atoms with Crippen LogP contribution in [0.1, 0.15) is 56.0 Å². The van der Waals surface area contributed by atoms with Gasteiger partial charge in [0.05, 0.1) is 12.3 Å². The van der Waals surface area contributed by atoms with E-state index < -0.39 is 0 Å². The van der Waals surface area contributed by atoms with Gasteiger partial charge in [0.15, 0.2) is 5.16 Å². The molecule has 0 bridgehead atoms. The van der Waals surface area contributed by atoms with Crippen LogP contribution in [0.3, 0.4) is 0 Å². The molecule has 0 aliphatic heterocycles. The van der Waals surface area contributed by atoms with Crippen LogP contribution in [0.5, 0.6) is 0 Å². The number of anilines is 1. The standard InChI is InChI=1S/C20H25N5O2S/c1-2-13-5-3-4-6-16(13)22-17(26)11-21-18(27)12-28-20-24-23-19(14-7-8-14)25(20)15-9-10-15/h3-6,14-15H,2,7-12H2,1H3,(H,21,27)(H,22,26). The van der Waals surface area contributed by atoms with Gasteiger partial charge in [-0.2, -0.15) is 0 Å². The van der Waals surface area contributed by atoms with E-state index >= 15 is 0 Å². The highest BCUT2D eigenvalue weighted by molar-refractivity contribution is 7.99. The Labute approximate surface area is 168 Å². The van der Waals surface area contributed by atoms with Crippen molar-refractivity contribution in [3.05, 3.63) is 35.7 Å². The highest BCUT2D eigenvalue weighted by Crippen LogP contribution is 2.45. The quantitative estimate of drug-likeness (QED) is 0.633. The lowest BCUT2D eigenvalue weighted by atomic mass is 10.1. The summed E-state index contributed by atoms with van der Waals surface area (Å²) in [7, 11) is 0. The summed E-state index contributed by atoms with van der Waals surface area (Å²) in [6.07, 6.45) is 5.54. The Morgan fingerprint density at radius 2 is 1.93 bits per heavy atom. The van der Waals surface area contributed by atoms with E-state index in [4.69, 9.17) is 0 Å². The van der Waals surface area contributed by atoms with Crippen molar-refractivity contribution in [2.75, 3.05) is 17.6 Å². The fourth-order valence-electron chi connectivity index (χ4n) is 3.19. The minimum absolute atomic E-state index is 0.0416. The smallest absolute Gasteiger partial charge is 0.243 e. The SMILES string of the molecule is CCc1ccccc1NC(=O)CNC(=O)CSc1nnc(C2CC2)n1C1CC1. The van der Waals surface area contributed by atoms with E-state index in [-0.39, 0.29) is 24.1 Å².